The second-order valence-electron chi connectivity index (χ2n) is 4.92. The molecular weight excluding hydrogens is 314 g/mol. The number of fused-ring (bicyclic) bond motifs is 1. The number of imidazole rings is 1. The van der Waals surface area contributed by atoms with Crippen LogP contribution in [0.2, 0.25) is 0 Å². The molecule has 0 saturated heterocycles. The average Bonchev–Trinajstić information content (AvgIpc) is 2.86. The molecule has 4 heteroatoms. The molecule has 0 spiro atoms. The van der Waals surface area contributed by atoms with Gasteiger partial charge in [-0.15, -0.1) is 0 Å². The zero-order chi connectivity index (χ0) is 14.1. The third-order valence-electron chi connectivity index (χ3n) is 3.49. The molecular formula is C16H16BrN3. The van der Waals surface area contributed by atoms with Crippen LogP contribution in [0.15, 0.2) is 53.1 Å². The van der Waals surface area contributed by atoms with Gasteiger partial charge in [-0.25, -0.2) is 4.98 Å². The summed E-state index contributed by atoms with van der Waals surface area (Å²) in [7, 11) is 0. The van der Waals surface area contributed by atoms with Gasteiger partial charge in [0.25, 0.3) is 0 Å². The molecule has 1 atom stereocenters. The van der Waals surface area contributed by atoms with E-state index >= 15 is 0 Å². The van der Waals surface area contributed by atoms with Crippen LogP contribution < -0.4 is 5.73 Å². The number of pyridine rings is 1. The molecule has 0 fully saturated rings. The van der Waals surface area contributed by atoms with E-state index in [1.165, 1.54) is 0 Å². The second kappa shape index (κ2) is 5.38. The lowest BCUT2D eigenvalue weighted by Crippen LogP contribution is -2.12. The monoisotopic (exact) mass is 329 g/mol. The highest BCUT2D eigenvalue weighted by Gasteiger charge is 2.18. The van der Waals surface area contributed by atoms with Crippen LogP contribution in [0.1, 0.15) is 18.5 Å². The van der Waals surface area contributed by atoms with Crippen molar-refractivity contribution in [3.63, 3.8) is 0 Å². The van der Waals surface area contributed by atoms with Crippen molar-refractivity contribution in [2.24, 2.45) is 5.73 Å². The Kier molecular flexibility index (Phi) is 3.59. The number of hydrogen-bond acceptors (Lipinski definition) is 2. The number of hydrogen-bond donors (Lipinski definition) is 1. The Morgan fingerprint density at radius 1 is 1.20 bits per heavy atom. The Labute approximate surface area is 126 Å². The molecule has 0 aliphatic heterocycles. The summed E-state index contributed by atoms with van der Waals surface area (Å²) in [4.78, 5) is 4.78. The number of rotatable bonds is 3. The fourth-order valence-electron chi connectivity index (χ4n) is 2.43. The molecule has 20 heavy (non-hydrogen) atoms. The summed E-state index contributed by atoms with van der Waals surface area (Å²) in [6.07, 6.45) is 2.05. The first-order valence-corrected chi connectivity index (χ1v) is 7.43. The maximum absolute atomic E-state index is 5.89. The molecule has 1 unspecified atom stereocenters. The molecule has 1 aromatic carbocycles. The lowest BCUT2D eigenvalue weighted by molar-refractivity contribution is 0.738. The van der Waals surface area contributed by atoms with Gasteiger partial charge in [-0.3, -0.25) is 0 Å². The lowest BCUT2D eigenvalue weighted by Gasteiger charge is -2.11. The van der Waals surface area contributed by atoms with E-state index in [1.54, 1.807) is 0 Å². The van der Waals surface area contributed by atoms with Crippen LogP contribution in [-0.2, 0) is 0 Å². The van der Waals surface area contributed by atoms with Crippen molar-refractivity contribution in [1.82, 2.24) is 9.38 Å². The number of nitrogens with two attached hydrogens (primary N) is 1. The van der Waals surface area contributed by atoms with E-state index < -0.39 is 0 Å². The Morgan fingerprint density at radius 2 is 1.95 bits per heavy atom. The molecule has 0 radical (unpaired) electrons. The highest BCUT2D eigenvalue weighted by atomic mass is 79.9. The molecule has 0 amide bonds. The summed E-state index contributed by atoms with van der Waals surface area (Å²) in [6, 6.07) is 14.3. The van der Waals surface area contributed by atoms with Crippen LogP contribution in [0.3, 0.4) is 0 Å². The van der Waals surface area contributed by atoms with Gasteiger partial charge in [-0.1, -0.05) is 37.3 Å². The fourth-order valence-corrected chi connectivity index (χ4v) is 2.76. The van der Waals surface area contributed by atoms with Gasteiger partial charge in [-0.2, -0.15) is 0 Å². The van der Waals surface area contributed by atoms with E-state index in [2.05, 4.69) is 45.6 Å². The van der Waals surface area contributed by atoms with Crippen LogP contribution in [0.25, 0.3) is 16.9 Å². The molecule has 0 aliphatic carbocycles. The van der Waals surface area contributed by atoms with Crippen LogP contribution in [0.5, 0.6) is 0 Å². The van der Waals surface area contributed by atoms with Crippen molar-refractivity contribution in [1.29, 1.82) is 0 Å². The van der Waals surface area contributed by atoms with Gasteiger partial charge in [-0.05, 0) is 28.1 Å². The van der Waals surface area contributed by atoms with Crippen molar-refractivity contribution in [3.8, 4) is 11.3 Å². The van der Waals surface area contributed by atoms with Gasteiger partial charge in [0, 0.05) is 28.7 Å². The van der Waals surface area contributed by atoms with Gasteiger partial charge in [0.05, 0.1) is 11.4 Å². The predicted molar refractivity (Wildman–Crippen MR) is 85.8 cm³/mol. The standard InChI is InChI=1S/C16H16BrN3/c1-11(9-18)16-15(12-5-3-2-4-6-12)19-14-8-7-13(17)10-20(14)16/h2-8,10-11H,9,18H2,1H3. The van der Waals surface area contributed by atoms with Crippen LogP contribution in [0.4, 0.5) is 0 Å². The normalized spacial score (nSPS) is 12.8. The Balaban J connectivity index is 2.31. The van der Waals surface area contributed by atoms with Gasteiger partial charge in [0.15, 0.2) is 0 Å². The number of halogens is 1. The third kappa shape index (κ3) is 2.25. The maximum atomic E-state index is 5.89. The van der Waals surface area contributed by atoms with Crippen molar-refractivity contribution < 1.29 is 0 Å². The van der Waals surface area contributed by atoms with Gasteiger partial charge in [0.2, 0.25) is 0 Å². The summed E-state index contributed by atoms with van der Waals surface area (Å²) < 4.78 is 3.16. The first-order chi connectivity index (χ1) is 9.70. The SMILES string of the molecule is CC(CN)c1c(-c2ccccc2)nc2ccc(Br)cn12. The van der Waals surface area contributed by atoms with Gasteiger partial charge >= 0.3 is 0 Å². The summed E-state index contributed by atoms with van der Waals surface area (Å²) in [6.45, 7) is 2.73. The van der Waals surface area contributed by atoms with Gasteiger partial charge in [0.1, 0.15) is 5.65 Å². The third-order valence-corrected chi connectivity index (χ3v) is 3.96. The van der Waals surface area contributed by atoms with Crippen LogP contribution in [-0.4, -0.2) is 15.9 Å². The Bertz CT molecular complexity index is 734. The molecule has 0 saturated carbocycles. The molecule has 2 heterocycles. The first-order valence-electron chi connectivity index (χ1n) is 6.63. The molecule has 2 aromatic heterocycles. The minimum atomic E-state index is 0.245. The van der Waals surface area contributed by atoms with E-state index in [0.29, 0.717) is 6.54 Å². The lowest BCUT2D eigenvalue weighted by atomic mass is 10.0. The minimum absolute atomic E-state index is 0.245. The topological polar surface area (TPSA) is 43.3 Å². The molecule has 2 N–H and O–H groups in total. The zero-order valence-electron chi connectivity index (χ0n) is 11.3. The molecule has 3 rings (SSSR count). The second-order valence-corrected chi connectivity index (χ2v) is 5.84. The van der Waals surface area contributed by atoms with Crippen molar-refractivity contribution in [2.45, 2.75) is 12.8 Å². The molecule has 3 nitrogen and oxygen atoms in total. The van der Waals surface area contributed by atoms with Crippen LogP contribution >= 0.6 is 15.9 Å². The summed E-state index contributed by atoms with van der Waals surface area (Å²) in [5, 5.41) is 0. The number of benzene rings is 1. The largest absolute Gasteiger partial charge is 0.330 e. The fraction of sp³-hybridized carbons (Fsp3) is 0.188. The molecule has 0 aliphatic rings. The molecule has 102 valence electrons. The summed E-state index contributed by atoms with van der Waals surface area (Å²) in [5.74, 6) is 0.245. The van der Waals surface area contributed by atoms with E-state index in [1.807, 2.05) is 30.3 Å². The summed E-state index contributed by atoms with van der Waals surface area (Å²) in [5.41, 5.74) is 10.1. The minimum Gasteiger partial charge on any atom is -0.330 e. The highest BCUT2D eigenvalue weighted by Crippen LogP contribution is 2.30. The van der Waals surface area contributed by atoms with E-state index in [9.17, 15) is 0 Å². The van der Waals surface area contributed by atoms with E-state index in [0.717, 1.165) is 27.1 Å². The first kappa shape index (κ1) is 13.3. The maximum Gasteiger partial charge on any atom is 0.137 e. The van der Waals surface area contributed by atoms with Crippen molar-refractivity contribution in [2.75, 3.05) is 6.54 Å². The average molecular weight is 330 g/mol. The van der Waals surface area contributed by atoms with Crippen LogP contribution in [0, 0.1) is 0 Å². The van der Waals surface area contributed by atoms with Gasteiger partial charge < -0.3 is 10.1 Å². The van der Waals surface area contributed by atoms with E-state index in [-0.39, 0.29) is 5.92 Å². The molecule has 3 aromatic rings. The summed E-state index contributed by atoms with van der Waals surface area (Å²) >= 11 is 3.52. The quantitative estimate of drug-likeness (QED) is 0.793. The number of nitrogens with zero attached hydrogens (tertiary/aromatic N) is 2. The predicted octanol–water partition coefficient (Wildman–Crippen LogP) is 3.83. The Morgan fingerprint density at radius 3 is 2.65 bits per heavy atom. The molecule has 0 bridgehead atoms. The van der Waals surface area contributed by atoms with Crippen molar-refractivity contribution in [3.05, 3.63) is 58.8 Å². The van der Waals surface area contributed by atoms with E-state index in [4.69, 9.17) is 10.7 Å². The number of aromatic nitrogens is 2. The smallest absolute Gasteiger partial charge is 0.137 e. The Hall–Kier alpha value is -1.65. The zero-order valence-corrected chi connectivity index (χ0v) is 12.8. The van der Waals surface area contributed by atoms with Crippen molar-refractivity contribution >= 4 is 21.6 Å². The highest BCUT2D eigenvalue weighted by molar-refractivity contribution is 9.10.